The third kappa shape index (κ3) is 4.38. The molecule has 108 valence electrons. The molecule has 0 heterocycles. The van der Waals surface area contributed by atoms with Crippen LogP contribution in [0.2, 0.25) is 0 Å². The molecule has 20 heavy (non-hydrogen) atoms. The van der Waals surface area contributed by atoms with E-state index < -0.39 is 23.9 Å². The van der Waals surface area contributed by atoms with Crippen molar-refractivity contribution in [3.05, 3.63) is 34.9 Å². The van der Waals surface area contributed by atoms with E-state index in [4.69, 9.17) is 10.2 Å². The van der Waals surface area contributed by atoms with Crippen LogP contribution in [0, 0.1) is 13.8 Å². The molecular formula is C14H17NO5. The molecule has 6 nitrogen and oxygen atoms in total. The highest BCUT2D eigenvalue weighted by Gasteiger charge is 2.22. The molecule has 6 heteroatoms. The zero-order valence-corrected chi connectivity index (χ0v) is 11.3. The molecule has 1 aromatic rings. The summed E-state index contributed by atoms with van der Waals surface area (Å²) in [5, 5.41) is 19.9. The van der Waals surface area contributed by atoms with Gasteiger partial charge in [-0.3, -0.25) is 9.59 Å². The number of hydrogen-bond donors (Lipinski definition) is 3. The van der Waals surface area contributed by atoms with E-state index in [1.54, 1.807) is 19.1 Å². The summed E-state index contributed by atoms with van der Waals surface area (Å²) in [6.45, 7) is 3.65. The van der Waals surface area contributed by atoms with Crippen LogP contribution in [-0.2, 0) is 9.59 Å². The molecule has 0 bridgehead atoms. The Kier molecular flexibility index (Phi) is 5.25. The maximum atomic E-state index is 12.0. The van der Waals surface area contributed by atoms with Gasteiger partial charge in [0.15, 0.2) is 0 Å². The summed E-state index contributed by atoms with van der Waals surface area (Å²) in [6.07, 6.45) is -0.467. The average Bonchev–Trinajstić information content (AvgIpc) is 2.33. The number of hydrogen-bond acceptors (Lipinski definition) is 3. The van der Waals surface area contributed by atoms with E-state index in [1.807, 2.05) is 13.0 Å². The number of benzene rings is 1. The van der Waals surface area contributed by atoms with Gasteiger partial charge in [0.05, 0.1) is 0 Å². The number of nitrogens with one attached hydrogen (secondary N) is 1. The van der Waals surface area contributed by atoms with E-state index in [9.17, 15) is 14.4 Å². The van der Waals surface area contributed by atoms with Gasteiger partial charge < -0.3 is 15.5 Å². The number of carbonyl (C=O) groups is 3. The Hall–Kier alpha value is -2.37. The van der Waals surface area contributed by atoms with Crippen LogP contribution >= 0.6 is 0 Å². The molecule has 1 aromatic carbocycles. The zero-order chi connectivity index (χ0) is 15.3. The van der Waals surface area contributed by atoms with Crippen molar-refractivity contribution in [1.82, 2.24) is 5.32 Å². The molecule has 1 rings (SSSR count). The first-order valence-corrected chi connectivity index (χ1v) is 6.14. The van der Waals surface area contributed by atoms with Gasteiger partial charge in [-0.2, -0.15) is 0 Å². The normalized spacial score (nSPS) is 11.7. The van der Waals surface area contributed by atoms with E-state index in [-0.39, 0.29) is 12.8 Å². The monoisotopic (exact) mass is 279 g/mol. The lowest BCUT2D eigenvalue weighted by atomic mass is 10.0. The first-order valence-electron chi connectivity index (χ1n) is 6.14. The summed E-state index contributed by atoms with van der Waals surface area (Å²) < 4.78 is 0. The lowest BCUT2D eigenvalue weighted by Gasteiger charge is -2.14. The molecule has 0 aliphatic heterocycles. The van der Waals surface area contributed by atoms with E-state index in [0.29, 0.717) is 5.56 Å². The van der Waals surface area contributed by atoms with Crippen LogP contribution in [0.3, 0.4) is 0 Å². The van der Waals surface area contributed by atoms with E-state index in [1.165, 1.54) is 0 Å². The third-order valence-electron chi connectivity index (χ3n) is 2.88. The van der Waals surface area contributed by atoms with Gasteiger partial charge >= 0.3 is 11.9 Å². The van der Waals surface area contributed by atoms with Crippen LogP contribution in [0.5, 0.6) is 0 Å². The van der Waals surface area contributed by atoms with E-state index >= 15 is 0 Å². The summed E-state index contributed by atoms with van der Waals surface area (Å²) in [7, 11) is 0. The van der Waals surface area contributed by atoms with Gasteiger partial charge in [0.1, 0.15) is 6.04 Å². The fraction of sp³-hybridized carbons (Fsp3) is 0.357. The Bertz CT molecular complexity index is 538. The number of amides is 1. The van der Waals surface area contributed by atoms with Crippen molar-refractivity contribution in [1.29, 1.82) is 0 Å². The van der Waals surface area contributed by atoms with Crippen LogP contribution in [0.1, 0.15) is 34.3 Å². The topological polar surface area (TPSA) is 104 Å². The summed E-state index contributed by atoms with van der Waals surface area (Å²) in [5.74, 6) is -2.86. The van der Waals surface area contributed by atoms with Crippen molar-refractivity contribution in [2.45, 2.75) is 32.7 Å². The Labute approximate surface area is 116 Å². The maximum absolute atomic E-state index is 12.0. The molecular weight excluding hydrogens is 262 g/mol. The predicted octanol–water partition coefficient (Wildman–Crippen LogP) is 1.35. The van der Waals surface area contributed by atoms with Crippen LogP contribution < -0.4 is 5.32 Å². The van der Waals surface area contributed by atoms with Crippen LogP contribution in [0.25, 0.3) is 0 Å². The summed E-state index contributed by atoms with van der Waals surface area (Å²) in [5.41, 5.74) is 2.13. The van der Waals surface area contributed by atoms with Gasteiger partial charge in [0, 0.05) is 12.0 Å². The zero-order valence-electron chi connectivity index (χ0n) is 11.3. The van der Waals surface area contributed by atoms with Crippen molar-refractivity contribution in [3.63, 3.8) is 0 Å². The molecule has 1 amide bonds. The predicted molar refractivity (Wildman–Crippen MR) is 71.7 cm³/mol. The molecule has 3 N–H and O–H groups in total. The molecule has 0 unspecified atom stereocenters. The number of carboxylic acids is 2. The Morgan fingerprint density at radius 1 is 1.20 bits per heavy atom. The molecule has 0 aliphatic carbocycles. The van der Waals surface area contributed by atoms with Crippen molar-refractivity contribution in [2.75, 3.05) is 0 Å². The Morgan fingerprint density at radius 3 is 2.35 bits per heavy atom. The third-order valence-corrected chi connectivity index (χ3v) is 2.88. The molecule has 0 saturated carbocycles. The molecule has 0 saturated heterocycles. The van der Waals surface area contributed by atoms with Gasteiger partial charge in [-0.1, -0.05) is 17.7 Å². The van der Waals surface area contributed by atoms with Gasteiger partial charge in [0.2, 0.25) is 0 Å². The number of aliphatic carboxylic acids is 2. The van der Waals surface area contributed by atoms with Gasteiger partial charge in [-0.05, 0) is 31.9 Å². The SMILES string of the molecule is Cc1ccc(C(=O)N[C@@H](CCC(=O)O)C(=O)O)c(C)c1. The second kappa shape index (κ2) is 6.70. The molecule has 0 spiro atoms. The Balaban J connectivity index is 2.80. The number of aryl methyl sites for hydroxylation is 2. The largest absolute Gasteiger partial charge is 0.481 e. The van der Waals surface area contributed by atoms with Crippen molar-refractivity contribution >= 4 is 17.8 Å². The average molecular weight is 279 g/mol. The summed E-state index contributed by atoms with van der Waals surface area (Å²) in [4.78, 5) is 33.5. The fourth-order valence-electron chi connectivity index (χ4n) is 1.83. The standard InChI is InChI=1S/C14H17NO5/c1-8-3-4-10(9(2)7-8)13(18)15-11(14(19)20)5-6-12(16)17/h3-4,7,11H,5-6H2,1-2H3,(H,15,18)(H,16,17)(H,19,20)/t11-/m0/s1. The number of carbonyl (C=O) groups excluding carboxylic acids is 1. The lowest BCUT2D eigenvalue weighted by molar-refractivity contribution is -0.140. The highest BCUT2D eigenvalue weighted by atomic mass is 16.4. The Morgan fingerprint density at radius 2 is 1.85 bits per heavy atom. The molecule has 0 aliphatic rings. The van der Waals surface area contributed by atoms with E-state index in [0.717, 1.165) is 11.1 Å². The second-order valence-electron chi connectivity index (χ2n) is 4.62. The van der Waals surface area contributed by atoms with Gasteiger partial charge in [0.25, 0.3) is 5.91 Å². The molecule has 1 atom stereocenters. The van der Waals surface area contributed by atoms with Crippen LogP contribution in [0.4, 0.5) is 0 Å². The van der Waals surface area contributed by atoms with Crippen molar-refractivity contribution in [2.24, 2.45) is 0 Å². The van der Waals surface area contributed by atoms with Crippen molar-refractivity contribution < 1.29 is 24.6 Å². The minimum absolute atomic E-state index is 0.151. The van der Waals surface area contributed by atoms with Gasteiger partial charge in [-0.15, -0.1) is 0 Å². The lowest BCUT2D eigenvalue weighted by Crippen LogP contribution is -2.41. The first-order chi connectivity index (χ1) is 9.31. The quantitative estimate of drug-likeness (QED) is 0.729. The summed E-state index contributed by atoms with van der Waals surface area (Å²) >= 11 is 0. The number of rotatable bonds is 6. The van der Waals surface area contributed by atoms with Crippen LogP contribution in [0.15, 0.2) is 18.2 Å². The molecule has 0 fully saturated rings. The number of carboxylic acid groups (broad SMARTS) is 2. The maximum Gasteiger partial charge on any atom is 0.326 e. The van der Waals surface area contributed by atoms with Gasteiger partial charge in [-0.25, -0.2) is 4.79 Å². The smallest absolute Gasteiger partial charge is 0.326 e. The highest BCUT2D eigenvalue weighted by Crippen LogP contribution is 2.11. The van der Waals surface area contributed by atoms with Crippen molar-refractivity contribution in [3.8, 4) is 0 Å². The van der Waals surface area contributed by atoms with Crippen LogP contribution in [-0.4, -0.2) is 34.1 Å². The van der Waals surface area contributed by atoms with E-state index in [2.05, 4.69) is 5.32 Å². The minimum Gasteiger partial charge on any atom is -0.481 e. The molecule has 0 aromatic heterocycles. The molecule has 0 radical (unpaired) electrons. The summed E-state index contributed by atoms with van der Waals surface area (Å²) in [6, 6.07) is 3.99. The minimum atomic E-state index is -1.25. The second-order valence-corrected chi connectivity index (χ2v) is 4.62. The fourth-order valence-corrected chi connectivity index (χ4v) is 1.83. The first kappa shape index (κ1) is 15.7. The highest BCUT2D eigenvalue weighted by molar-refractivity contribution is 5.97.